The predicted octanol–water partition coefficient (Wildman–Crippen LogP) is -1.08. The summed E-state index contributed by atoms with van der Waals surface area (Å²) in [4.78, 5) is 9.25. The second kappa shape index (κ2) is 5.63. The van der Waals surface area contributed by atoms with Gasteiger partial charge in [-0.3, -0.25) is 0 Å². The molecule has 0 aromatic rings. The van der Waals surface area contributed by atoms with E-state index in [9.17, 15) is 4.79 Å². The summed E-state index contributed by atoms with van der Waals surface area (Å²) in [5.74, 6) is 0. The molecule has 0 aliphatic carbocycles. The molecule has 0 amide bonds. The molecular weight excluding hydrogens is 91.0 g/mol. The maximum absolute atomic E-state index is 9.25. The van der Waals surface area contributed by atoms with Crippen molar-refractivity contribution in [3.8, 4) is 0 Å². The Kier molecular flexibility index (Phi) is 9.20. The van der Waals surface area contributed by atoms with Gasteiger partial charge >= 0.3 is 29.6 Å². The Labute approximate surface area is 58.8 Å². The van der Waals surface area contributed by atoms with E-state index in [1.807, 2.05) is 0 Å². The number of carbonyl (C=O) groups is 1. The van der Waals surface area contributed by atoms with Crippen molar-refractivity contribution in [2.45, 2.75) is 13.0 Å². The Morgan fingerprint density at radius 2 is 2.00 bits per heavy atom. The summed E-state index contributed by atoms with van der Waals surface area (Å²) in [6, 6.07) is 0. The molecule has 0 rings (SSSR count). The molecule has 0 aliphatic rings. The first-order valence-electron chi connectivity index (χ1n) is 1.40. The van der Waals surface area contributed by atoms with E-state index in [0.717, 1.165) is 0 Å². The van der Waals surface area contributed by atoms with Crippen LogP contribution in [0.4, 0.5) is 0 Å². The van der Waals surface area contributed by atoms with Crippen LogP contribution in [0.25, 0.3) is 0 Å². The van der Waals surface area contributed by atoms with E-state index in [-0.39, 0.29) is 29.6 Å². The second-order valence-corrected chi connectivity index (χ2v) is 0.877. The average Bonchev–Trinajstić information content (AvgIpc) is 1.38. The van der Waals surface area contributed by atoms with E-state index >= 15 is 0 Å². The van der Waals surface area contributed by atoms with Gasteiger partial charge in [0.1, 0.15) is 12.4 Å². The summed E-state index contributed by atoms with van der Waals surface area (Å²) in [7, 11) is 0. The Morgan fingerprint density at radius 1 is 1.83 bits per heavy atom. The number of hydrogen-bond acceptors (Lipinski definition) is 2. The van der Waals surface area contributed by atoms with Crippen LogP contribution in [0.5, 0.6) is 0 Å². The number of aliphatic hydroxyl groups excluding tert-OH is 1. The van der Waals surface area contributed by atoms with Crippen LogP contribution in [0, 0.1) is 0 Å². The molecule has 1 atom stereocenters. The molecule has 0 fully saturated rings. The van der Waals surface area contributed by atoms with E-state index in [4.69, 9.17) is 5.11 Å². The Balaban J connectivity index is 0. The van der Waals surface area contributed by atoms with E-state index in [2.05, 4.69) is 0 Å². The first kappa shape index (κ1) is 9.80. The van der Waals surface area contributed by atoms with Gasteiger partial charge in [0.2, 0.25) is 0 Å². The van der Waals surface area contributed by atoms with Crippen molar-refractivity contribution in [2.75, 3.05) is 0 Å². The minimum absolute atomic E-state index is 0. The number of hydrogen-bond donors (Lipinski definition) is 1. The SMILES string of the molecule is CC(O)C=O.[NaH]. The molecule has 2 nitrogen and oxygen atoms in total. The first-order valence-corrected chi connectivity index (χ1v) is 1.40. The standard InChI is InChI=1S/C3H6O2.Na.H/c1-3(5)2-4;;/h2-3,5H,1H3;;. The molecule has 32 valence electrons. The summed E-state index contributed by atoms with van der Waals surface area (Å²) in [6.07, 6.45) is -0.324. The molecule has 3 heteroatoms. The monoisotopic (exact) mass is 98.0 g/mol. The number of rotatable bonds is 1. The number of aliphatic hydroxyl groups is 1. The van der Waals surface area contributed by atoms with Crippen LogP contribution in [-0.4, -0.2) is 47.1 Å². The van der Waals surface area contributed by atoms with Crippen molar-refractivity contribution >= 4 is 35.8 Å². The van der Waals surface area contributed by atoms with E-state index in [1.54, 1.807) is 0 Å². The van der Waals surface area contributed by atoms with Crippen molar-refractivity contribution in [1.82, 2.24) is 0 Å². The van der Waals surface area contributed by atoms with Crippen LogP contribution in [-0.2, 0) is 4.79 Å². The fraction of sp³-hybridized carbons (Fsp3) is 0.667. The van der Waals surface area contributed by atoms with Crippen LogP contribution < -0.4 is 0 Å². The van der Waals surface area contributed by atoms with Gasteiger partial charge < -0.3 is 9.90 Å². The summed E-state index contributed by atoms with van der Waals surface area (Å²) >= 11 is 0. The van der Waals surface area contributed by atoms with Crippen LogP contribution in [0.2, 0.25) is 0 Å². The van der Waals surface area contributed by atoms with Gasteiger partial charge in [0.25, 0.3) is 0 Å². The molecule has 0 aliphatic heterocycles. The molecule has 0 heterocycles. The second-order valence-electron chi connectivity index (χ2n) is 0.877. The van der Waals surface area contributed by atoms with Crippen LogP contribution >= 0.6 is 0 Å². The predicted molar refractivity (Wildman–Crippen MR) is 24.9 cm³/mol. The zero-order valence-electron chi connectivity index (χ0n) is 3.01. The van der Waals surface area contributed by atoms with Crippen molar-refractivity contribution in [2.24, 2.45) is 0 Å². The Hall–Kier alpha value is 0.630. The van der Waals surface area contributed by atoms with Gasteiger partial charge in [-0.1, -0.05) is 0 Å². The molecule has 0 bridgehead atoms. The quantitative estimate of drug-likeness (QED) is 0.334. The van der Waals surface area contributed by atoms with Crippen LogP contribution in [0.3, 0.4) is 0 Å². The van der Waals surface area contributed by atoms with Gasteiger partial charge in [-0.15, -0.1) is 0 Å². The topological polar surface area (TPSA) is 37.3 Å². The zero-order chi connectivity index (χ0) is 4.28. The zero-order valence-corrected chi connectivity index (χ0v) is 3.01. The molecule has 0 radical (unpaired) electrons. The molecule has 1 unspecified atom stereocenters. The normalized spacial score (nSPS) is 11.7. The van der Waals surface area contributed by atoms with Gasteiger partial charge in [-0.05, 0) is 6.92 Å². The van der Waals surface area contributed by atoms with Gasteiger partial charge in [-0.2, -0.15) is 0 Å². The number of aldehydes is 1. The minimum atomic E-state index is -0.796. The molecule has 0 spiro atoms. The molecular formula is C3H7NaO2. The third kappa shape index (κ3) is 8.82. The Morgan fingerprint density at radius 3 is 2.00 bits per heavy atom. The van der Waals surface area contributed by atoms with Crippen LogP contribution in [0.1, 0.15) is 6.92 Å². The van der Waals surface area contributed by atoms with E-state index in [1.165, 1.54) is 6.92 Å². The van der Waals surface area contributed by atoms with Crippen molar-refractivity contribution < 1.29 is 9.90 Å². The molecule has 1 N–H and O–H groups in total. The molecule has 0 aromatic carbocycles. The van der Waals surface area contributed by atoms with Gasteiger partial charge in [0, 0.05) is 0 Å². The van der Waals surface area contributed by atoms with Crippen LogP contribution in [0.15, 0.2) is 0 Å². The fourth-order valence-corrected chi connectivity index (χ4v) is 0. The summed E-state index contributed by atoms with van der Waals surface area (Å²) in [6.45, 7) is 1.41. The van der Waals surface area contributed by atoms with Gasteiger partial charge in [0.05, 0.1) is 0 Å². The van der Waals surface area contributed by atoms with Crippen molar-refractivity contribution in [3.05, 3.63) is 0 Å². The maximum atomic E-state index is 9.25. The molecule has 0 saturated heterocycles. The third-order valence-corrected chi connectivity index (χ3v) is 0.197. The van der Waals surface area contributed by atoms with E-state index in [0.29, 0.717) is 6.29 Å². The van der Waals surface area contributed by atoms with Crippen molar-refractivity contribution in [3.63, 3.8) is 0 Å². The van der Waals surface area contributed by atoms with Gasteiger partial charge in [0.15, 0.2) is 0 Å². The fourth-order valence-electron chi connectivity index (χ4n) is 0. The van der Waals surface area contributed by atoms with Gasteiger partial charge in [-0.25, -0.2) is 0 Å². The van der Waals surface area contributed by atoms with E-state index < -0.39 is 6.10 Å². The average molecular weight is 98.1 g/mol. The first-order chi connectivity index (χ1) is 2.27. The summed E-state index contributed by atoms with van der Waals surface area (Å²) in [5, 5.41) is 7.99. The number of carbonyl (C=O) groups excluding carboxylic acids is 1. The van der Waals surface area contributed by atoms with Crippen molar-refractivity contribution in [1.29, 1.82) is 0 Å². The summed E-state index contributed by atoms with van der Waals surface area (Å²) in [5.41, 5.74) is 0. The Bertz CT molecular complexity index is 35.8. The summed E-state index contributed by atoms with van der Waals surface area (Å²) < 4.78 is 0. The molecule has 0 aromatic heterocycles. The molecule has 6 heavy (non-hydrogen) atoms. The molecule has 0 saturated carbocycles. The third-order valence-electron chi connectivity index (χ3n) is 0.197.